The molecular formula is C21H34. The fourth-order valence-corrected chi connectivity index (χ4v) is 5.05. The third kappa shape index (κ3) is 3.30. The third-order valence-corrected chi connectivity index (χ3v) is 6.45. The number of hydrogen-bond donors (Lipinski definition) is 0. The zero-order chi connectivity index (χ0) is 14.8. The summed E-state index contributed by atoms with van der Waals surface area (Å²) in [6.45, 7) is 7.10. The first-order valence-corrected chi connectivity index (χ1v) is 9.60. The molecule has 3 aliphatic carbocycles. The van der Waals surface area contributed by atoms with Crippen LogP contribution in [0, 0.1) is 29.6 Å². The maximum absolute atomic E-state index is 2.68. The summed E-state index contributed by atoms with van der Waals surface area (Å²) in [5, 5.41) is 0. The minimum Gasteiger partial charge on any atom is -0.0804 e. The Balaban J connectivity index is 1.62. The average molecular weight is 287 g/mol. The monoisotopic (exact) mass is 286 g/mol. The largest absolute Gasteiger partial charge is 0.0804 e. The number of hydrogen-bond acceptors (Lipinski definition) is 0. The van der Waals surface area contributed by atoms with Gasteiger partial charge in [-0.3, -0.25) is 0 Å². The second-order valence-electron chi connectivity index (χ2n) is 8.24. The van der Waals surface area contributed by atoms with Gasteiger partial charge in [-0.25, -0.2) is 0 Å². The smallest absolute Gasteiger partial charge is 0.0131 e. The van der Waals surface area contributed by atoms with Crippen molar-refractivity contribution in [2.24, 2.45) is 29.6 Å². The lowest BCUT2D eigenvalue weighted by Gasteiger charge is -2.33. The van der Waals surface area contributed by atoms with E-state index in [1.807, 2.05) is 0 Å². The SMILES string of the molecule is CCCCCC1CCC2C3=C[C@H](C(C)C)CC=C3CC2C1. The molecule has 3 unspecified atom stereocenters. The zero-order valence-corrected chi connectivity index (χ0v) is 14.4. The van der Waals surface area contributed by atoms with Crippen LogP contribution in [0.25, 0.3) is 0 Å². The van der Waals surface area contributed by atoms with Crippen molar-refractivity contribution in [3.63, 3.8) is 0 Å². The summed E-state index contributed by atoms with van der Waals surface area (Å²) in [6.07, 6.45) is 18.3. The summed E-state index contributed by atoms with van der Waals surface area (Å²) in [6, 6.07) is 0. The van der Waals surface area contributed by atoms with Gasteiger partial charge in [-0.1, -0.05) is 58.6 Å². The summed E-state index contributed by atoms with van der Waals surface area (Å²) in [5.74, 6) is 4.58. The van der Waals surface area contributed by atoms with Crippen molar-refractivity contribution < 1.29 is 0 Å². The molecule has 0 nitrogen and oxygen atoms in total. The van der Waals surface area contributed by atoms with Gasteiger partial charge in [-0.15, -0.1) is 0 Å². The van der Waals surface area contributed by atoms with E-state index >= 15 is 0 Å². The van der Waals surface area contributed by atoms with E-state index in [1.54, 1.807) is 11.1 Å². The molecule has 0 aliphatic heterocycles. The quantitative estimate of drug-likeness (QED) is 0.504. The van der Waals surface area contributed by atoms with Crippen LogP contribution in [0.4, 0.5) is 0 Å². The summed E-state index contributed by atoms with van der Waals surface area (Å²) in [7, 11) is 0. The highest BCUT2D eigenvalue weighted by Crippen LogP contribution is 2.52. The Labute approximate surface area is 132 Å². The second kappa shape index (κ2) is 6.71. The molecule has 0 saturated heterocycles. The summed E-state index contributed by atoms with van der Waals surface area (Å²) < 4.78 is 0. The number of fused-ring (bicyclic) bond motifs is 3. The van der Waals surface area contributed by atoms with Crippen molar-refractivity contribution in [3.8, 4) is 0 Å². The van der Waals surface area contributed by atoms with E-state index in [2.05, 4.69) is 32.9 Å². The molecule has 2 fully saturated rings. The van der Waals surface area contributed by atoms with Crippen LogP contribution in [0.2, 0.25) is 0 Å². The predicted octanol–water partition coefficient (Wildman–Crippen LogP) is 6.53. The number of rotatable bonds is 5. The lowest BCUT2D eigenvalue weighted by molar-refractivity contribution is 0.214. The maximum Gasteiger partial charge on any atom is -0.0131 e. The van der Waals surface area contributed by atoms with Gasteiger partial charge in [0, 0.05) is 0 Å². The highest BCUT2D eigenvalue weighted by Gasteiger charge is 2.40. The van der Waals surface area contributed by atoms with Crippen LogP contribution >= 0.6 is 0 Å². The first-order chi connectivity index (χ1) is 10.2. The molecule has 0 aromatic heterocycles. The zero-order valence-electron chi connectivity index (χ0n) is 14.4. The Morgan fingerprint density at radius 3 is 2.81 bits per heavy atom. The van der Waals surface area contributed by atoms with E-state index in [1.165, 1.54) is 57.8 Å². The van der Waals surface area contributed by atoms with Crippen LogP contribution in [0.15, 0.2) is 23.3 Å². The highest BCUT2D eigenvalue weighted by atomic mass is 14.4. The summed E-state index contributed by atoms with van der Waals surface area (Å²) in [5.41, 5.74) is 3.54. The Hall–Kier alpha value is -0.520. The lowest BCUT2D eigenvalue weighted by atomic mass is 9.72. The first-order valence-electron chi connectivity index (χ1n) is 9.60. The van der Waals surface area contributed by atoms with E-state index in [4.69, 9.17) is 0 Å². The molecule has 0 aromatic carbocycles. The van der Waals surface area contributed by atoms with E-state index in [0.29, 0.717) is 0 Å². The van der Waals surface area contributed by atoms with E-state index in [0.717, 1.165) is 29.6 Å². The van der Waals surface area contributed by atoms with Gasteiger partial charge in [0.1, 0.15) is 0 Å². The molecule has 0 spiro atoms. The fraction of sp³-hybridized carbons (Fsp3) is 0.810. The molecule has 2 saturated carbocycles. The number of allylic oxidation sites excluding steroid dienone is 4. The van der Waals surface area contributed by atoms with Gasteiger partial charge in [-0.05, 0) is 72.8 Å². The summed E-state index contributed by atoms with van der Waals surface area (Å²) in [4.78, 5) is 0. The van der Waals surface area contributed by atoms with Gasteiger partial charge in [0.05, 0.1) is 0 Å². The van der Waals surface area contributed by atoms with Crippen LogP contribution in [0.5, 0.6) is 0 Å². The van der Waals surface area contributed by atoms with Crippen molar-refractivity contribution in [3.05, 3.63) is 23.3 Å². The first kappa shape index (κ1) is 15.4. The van der Waals surface area contributed by atoms with Gasteiger partial charge >= 0.3 is 0 Å². The minimum absolute atomic E-state index is 0.805. The minimum atomic E-state index is 0.805. The average Bonchev–Trinajstić information content (AvgIpc) is 2.84. The molecule has 4 atom stereocenters. The van der Waals surface area contributed by atoms with Gasteiger partial charge in [0.15, 0.2) is 0 Å². The molecule has 0 radical (unpaired) electrons. The van der Waals surface area contributed by atoms with Crippen LogP contribution in [0.3, 0.4) is 0 Å². The lowest BCUT2D eigenvalue weighted by Crippen LogP contribution is -2.22. The van der Waals surface area contributed by atoms with Crippen molar-refractivity contribution in [1.29, 1.82) is 0 Å². The highest BCUT2D eigenvalue weighted by molar-refractivity contribution is 5.42. The van der Waals surface area contributed by atoms with Crippen LogP contribution in [0.1, 0.15) is 78.6 Å². The van der Waals surface area contributed by atoms with Gasteiger partial charge in [0.2, 0.25) is 0 Å². The van der Waals surface area contributed by atoms with E-state index in [-0.39, 0.29) is 0 Å². The molecule has 0 amide bonds. The van der Waals surface area contributed by atoms with Gasteiger partial charge in [0.25, 0.3) is 0 Å². The van der Waals surface area contributed by atoms with Crippen LogP contribution < -0.4 is 0 Å². The summed E-state index contributed by atoms with van der Waals surface area (Å²) >= 11 is 0. The van der Waals surface area contributed by atoms with Crippen LogP contribution in [-0.2, 0) is 0 Å². The standard InChI is InChI=1S/C21H34/c1-4-5-6-7-16-8-11-20-19(12-16)13-18-10-9-17(15(2)3)14-21(18)20/h10,14-17,19-20H,4-9,11-13H2,1-3H3/t16?,17-,19?,20?/m1/s1. The van der Waals surface area contributed by atoms with Gasteiger partial charge in [-0.2, -0.15) is 0 Å². The maximum atomic E-state index is 2.68. The molecule has 0 heteroatoms. The van der Waals surface area contributed by atoms with Crippen LogP contribution in [-0.4, -0.2) is 0 Å². The van der Waals surface area contributed by atoms with Crippen molar-refractivity contribution >= 4 is 0 Å². The Kier molecular flexibility index (Phi) is 4.92. The number of unbranched alkanes of at least 4 members (excludes halogenated alkanes) is 2. The van der Waals surface area contributed by atoms with E-state index in [9.17, 15) is 0 Å². The van der Waals surface area contributed by atoms with E-state index < -0.39 is 0 Å². The molecule has 0 bridgehead atoms. The molecule has 3 rings (SSSR count). The molecule has 0 N–H and O–H groups in total. The Morgan fingerprint density at radius 1 is 1.19 bits per heavy atom. The molecule has 3 aliphatic rings. The van der Waals surface area contributed by atoms with Crippen molar-refractivity contribution in [2.75, 3.05) is 0 Å². The predicted molar refractivity (Wildman–Crippen MR) is 92.2 cm³/mol. The fourth-order valence-electron chi connectivity index (χ4n) is 5.05. The Morgan fingerprint density at radius 2 is 2.05 bits per heavy atom. The normalized spacial score (nSPS) is 35.2. The molecular weight excluding hydrogens is 252 g/mol. The molecule has 0 aromatic rings. The van der Waals surface area contributed by atoms with Gasteiger partial charge < -0.3 is 0 Å². The molecule has 118 valence electrons. The van der Waals surface area contributed by atoms with Crippen molar-refractivity contribution in [1.82, 2.24) is 0 Å². The van der Waals surface area contributed by atoms with Crippen molar-refractivity contribution in [2.45, 2.75) is 78.6 Å². The topological polar surface area (TPSA) is 0 Å². The second-order valence-corrected chi connectivity index (χ2v) is 8.24. The molecule has 21 heavy (non-hydrogen) atoms. The Bertz CT molecular complexity index is 412. The third-order valence-electron chi connectivity index (χ3n) is 6.45. The molecule has 0 heterocycles.